The second-order valence-corrected chi connectivity index (χ2v) is 5.01. The minimum absolute atomic E-state index is 0.0284. The third-order valence-electron chi connectivity index (χ3n) is 2.81. The molecule has 2 amide bonds. The Balaban J connectivity index is 1.73. The van der Waals surface area contributed by atoms with Gasteiger partial charge in [0.05, 0.1) is 16.9 Å². The predicted octanol–water partition coefficient (Wildman–Crippen LogP) is 2.60. The number of pyridine rings is 1. The van der Waals surface area contributed by atoms with E-state index in [-0.39, 0.29) is 24.7 Å². The van der Waals surface area contributed by atoms with Gasteiger partial charge < -0.3 is 5.32 Å². The molecule has 0 aliphatic heterocycles. The van der Waals surface area contributed by atoms with E-state index >= 15 is 0 Å². The van der Waals surface area contributed by atoms with Crippen LogP contribution >= 0.6 is 11.6 Å². The van der Waals surface area contributed by atoms with Gasteiger partial charge in [-0.05, 0) is 18.2 Å². The average Bonchev–Trinajstić information content (AvgIpc) is 2.56. The molecule has 0 unspecified atom stereocenters. The van der Waals surface area contributed by atoms with Gasteiger partial charge in [-0.25, -0.2) is 5.43 Å². The lowest BCUT2D eigenvalue weighted by molar-refractivity contribution is -0.124. The van der Waals surface area contributed by atoms with Gasteiger partial charge in [-0.2, -0.15) is 5.10 Å². The van der Waals surface area contributed by atoms with Crippen molar-refractivity contribution in [2.24, 2.45) is 5.10 Å². The summed E-state index contributed by atoms with van der Waals surface area (Å²) in [6.45, 7) is 0. The summed E-state index contributed by atoms with van der Waals surface area (Å²) in [6, 6.07) is 10.5. The van der Waals surface area contributed by atoms with Crippen molar-refractivity contribution in [3.05, 3.63) is 59.4 Å². The van der Waals surface area contributed by atoms with Crippen LogP contribution in [-0.4, -0.2) is 23.0 Å². The lowest BCUT2D eigenvalue weighted by atomic mass is 10.2. The van der Waals surface area contributed by atoms with Crippen LogP contribution in [0.2, 0.25) is 5.02 Å². The fourth-order valence-corrected chi connectivity index (χ4v) is 1.87. The number of nitrogens with zero attached hydrogens (tertiary/aromatic N) is 2. The predicted molar refractivity (Wildman–Crippen MR) is 89.3 cm³/mol. The summed E-state index contributed by atoms with van der Waals surface area (Å²) >= 11 is 5.94. The highest BCUT2D eigenvalue weighted by atomic mass is 35.5. The van der Waals surface area contributed by atoms with E-state index in [2.05, 4.69) is 20.8 Å². The molecule has 6 nitrogen and oxygen atoms in total. The second kappa shape index (κ2) is 8.65. The van der Waals surface area contributed by atoms with Crippen molar-refractivity contribution < 1.29 is 9.59 Å². The van der Waals surface area contributed by atoms with Crippen LogP contribution in [0.15, 0.2) is 53.9 Å². The van der Waals surface area contributed by atoms with Crippen molar-refractivity contribution in [2.75, 3.05) is 5.32 Å². The van der Waals surface area contributed by atoms with E-state index in [0.717, 1.165) is 5.56 Å². The number of hydrogen-bond acceptors (Lipinski definition) is 4. The maximum absolute atomic E-state index is 11.8. The Hall–Kier alpha value is -2.73. The standard InChI is InChI=1S/C16H15ClN4O2/c17-13-5-1-2-6-14(13)20-15(22)7-8-16(23)21-19-11-12-4-3-9-18-10-12/h1-6,9-11H,7-8H2,(H,20,22)(H,21,23)/b19-11-. The summed E-state index contributed by atoms with van der Waals surface area (Å²) in [6.07, 6.45) is 4.81. The van der Waals surface area contributed by atoms with Gasteiger partial charge in [-0.3, -0.25) is 14.6 Å². The van der Waals surface area contributed by atoms with Gasteiger partial charge in [-0.15, -0.1) is 0 Å². The second-order valence-electron chi connectivity index (χ2n) is 4.61. The van der Waals surface area contributed by atoms with Gasteiger partial charge in [0, 0.05) is 30.8 Å². The van der Waals surface area contributed by atoms with Crippen molar-refractivity contribution >= 4 is 35.3 Å². The van der Waals surface area contributed by atoms with Gasteiger partial charge >= 0.3 is 0 Å². The van der Waals surface area contributed by atoms with Gasteiger partial charge in [0.1, 0.15) is 0 Å². The molecule has 2 rings (SSSR count). The maximum atomic E-state index is 11.8. The van der Waals surface area contributed by atoms with Gasteiger partial charge in [0.15, 0.2) is 0 Å². The van der Waals surface area contributed by atoms with E-state index in [1.54, 1.807) is 48.8 Å². The van der Waals surface area contributed by atoms with E-state index in [9.17, 15) is 9.59 Å². The highest BCUT2D eigenvalue weighted by Gasteiger charge is 2.08. The van der Waals surface area contributed by atoms with E-state index in [4.69, 9.17) is 11.6 Å². The van der Waals surface area contributed by atoms with Crippen molar-refractivity contribution in [3.63, 3.8) is 0 Å². The molecule has 0 spiro atoms. The largest absolute Gasteiger partial charge is 0.325 e. The zero-order chi connectivity index (χ0) is 16.5. The molecule has 0 saturated heterocycles. The molecule has 0 aliphatic carbocycles. The average molecular weight is 331 g/mol. The Morgan fingerprint density at radius 3 is 2.65 bits per heavy atom. The molecule has 2 aromatic rings. The summed E-state index contributed by atoms with van der Waals surface area (Å²) in [7, 11) is 0. The smallest absolute Gasteiger partial charge is 0.240 e. The van der Waals surface area contributed by atoms with Crippen LogP contribution in [-0.2, 0) is 9.59 Å². The molecule has 2 N–H and O–H groups in total. The van der Waals surface area contributed by atoms with Crippen molar-refractivity contribution in [3.8, 4) is 0 Å². The van der Waals surface area contributed by atoms with Crippen molar-refractivity contribution in [2.45, 2.75) is 12.8 Å². The summed E-state index contributed by atoms with van der Waals surface area (Å²) in [4.78, 5) is 27.3. The van der Waals surface area contributed by atoms with Gasteiger partial charge in [0.2, 0.25) is 11.8 Å². The number of hydrogen-bond donors (Lipinski definition) is 2. The molecule has 1 aromatic heterocycles. The van der Waals surface area contributed by atoms with Gasteiger partial charge in [-0.1, -0.05) is 29.8 Å². The molecule has 0 aliphatic rings. The molecule has 118 valence electrons. The summed E-state index contributed by atoms with van der Waals surface area (Å²) in [5.74, 6) is -0.635. The fraction of sp³-hybridized carbons (Fsp3) is 0.125. The summed E-state index contributed by atoms with van der Waals surface area (Å²) in [5, 5.41) is 6.90. The van der Waals surface area contributed by atoms with E-state index in [0.29, 0.717) is 10.7 Å². The summed E-state index contributed by atoms with van der Waals surface area (Å²) < 4.78 is 0. The molecule has 7 heteroatoms. The van der Waals surface area contributed by atoms with Crippen LogP contribution in [0.3, 0.4) is 0 Å². The number of carbonyl (C=O) groups is 2. The first-order valence-electron chi connectivity index (χ1n) is 6.91. The molecule has 1 aromatic carbocycles. The molecule has 0 atom stereocenters. The van der Waals surface area contributed by atoms with Crippen LogP contribution in [0.25, 0.3) is 0 Å². The summed E-state index contributed by atoms with van der Waals surface area (Å²) in [5.41, 5.74) is 3.65. The Labute approximate surface area is 138 Å². The topological polar surface area (TPSA) is 83.5 Å². The molecule has 0 radical (unpaired) electrons. The SMILES string of the molecule is O=C(CCC(=O)Nc1ccccc1Cl)N/N=C\c1cccnc1. The number of anilines is 1. The van der Waals surface area contributed by atoms with E-state index < -0.39 is 0 Å². The van der Waals surface area contributed by atoms with Crippen LogP contribution in [0.5, 0.6) is 0 Å². The first kappa shape index (κ1) is 16.6. The monoisotopic (exact) mass is 330 g/mol. The highest BCUT2D eigenvalue weighted by Crippen LogP contribution is 2.20. The molecule has 0 fully saturated rings. The Kier molecular flexibility index (Phi) is 6.26. The van der Waals surface area contributed by atoms with Crippen LogP contribution < -0.4 is 10.7 Å². The number of amides is 2. The number of aromatic nitrogens is 1. The lowest BCUT2D eigenvalue weighted by Gasteiger charge is -2.06. The first-order chi connectivity index (χ1) is 11.1. The molecule has 0 bridgehead atoms. The molecule has 0 saturated carbocycles. The Morgan fingerprint density at radius 1 is 1.13 bits per heavy atom. The maximum Gasteiger partial charge on any atom is 0.240 e. The van der Waals surface area contributed by atoms with Crippen molar-refractivity contribution in [1.29, 1.82) is 0 Å². The number of benzene rings is 1. The molecular weight excluding hydrogens is 316 g/mol. The number of para-hydroxylation sites is 1. The quantitative estimate of drug-likeness (QED) is 0.630. The van der Waals surface area contributed by atoms with Crippen LogP contribution in [0, 0.1) is 0 Å². The Bertz CT molecular complexity index is 704. The third kappa shape index (κ3) is 5.88. The zero-order valence-corrected chi connectivity index (χ0v) is 13.0. The van der Waals surface area contributed by atoms with Crippen molar-refractivity contribution in [1.82, 2.24) is 10.4 Å². The highest BCUT2D eigenvalue weighted by molar-refractivity contribution is 6.33. The Morgan fingerprint density at radius 2 is 1.91 bits per heavy atom. The van der Waals surface area contributed by atoms with Crippen LogP contribution in [0.4, 0.5) is 5.69 Å². The molecule has 23 heavy (non-hydrogen) atoms. The third-order valence-corrected chi connectivity index (χ3v) is 3.14. The van der Waals surface area contributed by atoms with Gasteiger partial charge in [0.25, 0.3) is 0 Å². The lowest BCUT2D eigenvalue weighted by Crippen LogP contribution is -2.20. The normalized spacial score (nSPS) is 10.5. The van der Waals surface area contributed by atoms with Crippen LogP contribution in [0.1, 0.15) is 18.4 Å². The number of rotatable bonds is 6. The van der Waals surface area contributed by atoms with E-state index in [1.165, 1.54) is 6.21 Å². The fourth-order valence-electron chi connectivity index (χ4n) is 1.69. The number of carbonyl (C=O) groups excluding carboxylic acids is 2. The van der Waals surface area contributed by atoms with E-state index in [1.807, 2.05) is 0 Å². The first-order valence-corrected chi connectivity index (χ1v) is 7.29. The zero-order valence-electron chi connectivity index (χ0n) is 12.2. The minimum Gasteiger partial charge on any atom is -0.325 e. The number of hydrazone groups is 1. The number of halogens is 1. The molecule has 1 heterocycles. The minimum atomic E-state index is -0.348. The number of nitrogens with one attached hydrogen (secondary N) is 2. The molecular formula is C16H15ClN4O2.